The summed E-state index contributed by atoms with van der Waals surface area (Å²) in [5.74, 6) is -1.04. The van der Waals surface area contributed by atoms with Gasteiger partial charge in [0.2, 0.25) is 0 Å². The molecule has 1 amide bonds. The lowest BCUT2D eigenvalue weighted by Crippen LogP contribution is -2.23. The van der Waals surface area contributed by atoms with Gasteiger partial charge < -0.3 is 9.84 Å². The first-order valence-corrected chi connectivity index (χ1v) is 9.98. The average Bonchev–Trinajstić information content (AvgIpc) is 2.90. The van der Waals surface area contributed by atoms with Gasteiger partial charge in [-0.3, -0.25) is 9.69 Å². The molecule has 3 rings (SSSR count). The van der Waals surface area contributed by atoms with E-state index in [9.17, 15) is 14.7 Å². The normalized spacial score (nSPS) is 16.7. The van der Waals surface area contributed by atoms with E-state index in [-0.39, 0.29) is 16.5 Å². The second kappa shape index (κ2) is 8.67. The van der Waals surface area contributed by atoms with Gasteiger partial charge in [0.15, 0.2) is 5.17 Å². The molecular formula is C19H13Cl3N2O4S. The zero-order valence-corrected chi connectivity index (χ0v) is 18.2. The Morgan fingerprint density at radius 2 is 1.93 bits per heavy atom. The number of halogens is 3. The largest absolute Gasteiger partial charge is 0.495 e. The number of carbonyl (C=O) groups excluding carboxylic acids is 1. The minimum absolute atomic E-state index is 0.0698. The van der Waals surface area contributed by atoms with Crippen molar-refractivity contribution in [2.45, 2.75) is 0 Å². The first-order chi connectivity index (χ1) is 13.7. The maximum Gasteiger partial charge on any atom is 0.337 e. The molecule has 0 bridgehead atoms. The summed E-state index contributed by atoms with van der Waals surface area (Å²) in [7, 11) is 3.05. The van der Waals surface area contributed by atoms with E-state index < -0.39 is 5.97 Å². The third-order valence-electron chi connectivity index (χ3n) is 3.94. The van der Waals surface area contributed by atoms with Crippen LogP contribution < -0.4 is 4.74 Å². The minimum Gasteiger partial charge on any atom is -0.495 e. The van der Waals surface area contributed by atoms with Crippen molar-refractivity contribution in [2.24, 2.45) is 4.99 Å². The van der Waals surface area contributed by atoms with Crippen molar-refractivity contribution < 1.29 is 19.4 Å². The molecule has 0 atom stereocenters. The van der Waals surface area contributed by atoms with Gasteiger partial charge in [-0.2, -0.15) is 0 Å². The molecule has 1 aliphatic heterocycles. The molecule has 10 heteroatoms. The van der Waals surface area contributed by atoms with E-state index in [1.54, 1.807) is 31.3 Å². The fourth-order valence-electron chi connectivity index (χ4n) is 2.55. The number of aromatic carboxylic acids is 1. The minimum atomic E-state index is -1.16. The van der Waals surface area contributed by atoms with Gasteiger partial charge in [0.05, 0.1) is 33.3 Å². The summed E-state index contributed by atoms with van der Waals surface area (Å²) in [6.45, 7) is 0. The molecule has 1 aliphatic rings. The van der Waals surface area contributed by atoms with E-state index in [2.05, 4.69) is 4.99 Å². The number of carbonyl (C=O) groups is 2. The van der Waals surface area contributed by atoms with Crippen molar-refractivity contribution in [2.75, 3.05) is 14.2 Å². The number of carboxylic acids is 1. The van der Waals surface area contributed by atoms with Gasteiger partial charge in [0.25, 0.3) is 5.91 Å². The van der Waals surface area contributed by atoms with E-state index in [1.165, 1.54) is 24.1 Å². The Hall–Kier alpha value is -2.19. The summed E-state index contributed by atoms with van der Waals surface area (Å²) < 4.78 is 5.31. The van der Waals surface area contributed by atoms with Crippen LogP contribution >= 0.6 is 46.6 Å². The number of thioether (sulfide) groups is 1. The fraction of sp³-hybridized carbons (Fsp3) is 0.105. The van der Waals surface area contributed by atoms with Crippen LogP contribution in [0.2, 0.25) is 15.1 Å². The number of nitrogens with zero attached hydrogens (tertiary/aromatic N) is 2. The average molecular weight is 472 g/mol. The molecule has 0 unspecified atom stereocenters. The van der Waals surface area contributed by atoms with Gasteiger partial charge in [0, 0.05) is 17.6 Å². The van der Waals surface area contributed by atoms with Gasteiger partial charge in [0.1, 0.15) is 5.75 Å². The first kappa shape index (κ1) is 21.5. The Morgan fingerprint density at radius 3 is 2.59 bits per heavy atom. The highest BCUT2D eigenvalue weighted by molar-refractivity contribution is 8.18. The zero-order chi connectivity index (χ0) is 21.3. The number of carboxylic acid groups (broad SMARTS) is 1. The van der Waals surface area contributed by atoms with Gasteiger partial charge in [-0.05, 0) is 48.2 Å². The van der Waals surface area contributed by atoms with Crippen LogP contribution in [-0.4, -0.2) is 41.2 Å². The van der Waals surface area contributed by atoms with Crippen LogP contribution in [0.5, 0.6) is 5.75 Å². The third-order valence-corrected chi connectivity index (χ3v) is 5.83. The molecule has 1 N–H and O–H groups in total. The van der Waals surface area contributed by atoms with Crippen molar-refractivity contribution >= 4 is 75.4 Å². The SMILES string of the molecule is COc1c(Cl)cc(Cl)cc1C=C1SC(=Nc2ccc(Cl)c(C(=O)O)c2)N(C)C1=O. The second-order valence-corrected chi connectivity index (χ2v) is 8.11. The van der Waals surface area contributed by atoms with Crippen LogP contribution in [0.15, 0.2) is 40.2 Å². The topological polar surface area (TPSA) is 79.2 Å². The maximum atomic E-state index is 12.6. The quantitative estimate of drug-likeness (QED) is 0.588. The Kier molecular flexibility index (Phi) is 6.43. The monoisotopic (exact) mass is 470 g/mol. The van der Waals surface area contributed by atoms with E-state index in [0.717, 1.165) is 11.8 Å². The summed E-state index contributed by atoms with van der Waals surface area (Å²) in [4.78, 5) is 30.0. The molecule has 0 aromatic heterocycles. The number of aliphatic imine (C=N–C) groups is 1. The Balaban J connectivity index is 1.99. The van der Waals surface area contributed by atoms with Crippen molar-refractivity contribution in [1.82, 2.24) is 4.90 Å². The molecule has 1 heterocycles. The molecule has 2 aromatic carbocycles. The van der Waals surface area contributed by atoms with E-state index in [0.29, 0.717) is 37.1 Å². The highest BCUT2D eigenvalue weighted by Crippen LogP contribution is 2.38. The number of benzene rings is 2. The highest BCUT2D eigenvalue weighted by Gasteiger charge is 2.31. The number of amides is 1. The number of methoxy groups -OCH3 is 1. The van der Waals surface area contributed by atoms with Crippen molar-refractivity contribution in [3.8, 4) is 5.75 Å². The van der Waals surface area contributed by atoms with Crippen molar-refractivity contribution in [3.05, 3.63) is 61.4 Å². The van der Waals surface area contributed by atoms with Crippen LogP contribution in [0.25, 0.3) is 6.08 Å². The Bertz CT molecular complexity index is 1090. The molecule has 0 aliphatic carbocycles. The van der Waals surface area contributed by atoms with E-state index in [4.69, 9.17) is 39.5 Å². The third kappa shape index (κ3) is 4.53. The van der Waals surface area contributed by atoms with Crippen LogP contribution in [0, 0.1) is 0 Å². The van der Waals surface area contributed by atoms with Crippen LogP contribution in [0.4, 0.5) is 5.69 Å². The Morgan fingerprint density at radius 1 is 1.21 bits per heavy atom. The summed E-state index contributed by atoms with van der Waals surface area (Å²) >= 11 is 19.2. The molecule has 0 saturated carbocycles. The highest BCUT2D eigenvalue weighted by atomic mass is 35.5. The van der Waals surface area contributed by atoms with Gasteiger partial charge in [-0.1, -0.05) is 34.8 Å². The summed E-state index contributed by atoms with van der Waals surface area (Å²) in [6.07, 6.45) is 1.62. The second-order valence-electron chi connectivity index (χ2n) is 5.85. The predicted molar refractivity (Wildman–Crippen MR) is 117 cm³/mol. The number of rotatable bonds is 4. The van der Waals surface area contributed by atoms with Crippen molar-refractivity contribution in [1.29, 1.82) is 0 Å². The number of hydrogen-bond donors (Lipinski definition) is 1. The summed E-state index contributed by atoms with van der Waals surface area (Å²) in [6, 6.07) is 7.55. The maximum absolute atomic E-state index is 12.6. The van der Waals surface area contributed by atoms with Crippen LogP contribution in [-0.2, 0) is 4.79 Å². The fourth-order valence-corrected chi connectivity index (χ4v) is 4.32. The molecule has 6 nitrogen and oxygen atoms in total. The van der Waals surface area contributed by atoms with Gasteiger partial charge in [-0.15, -0.1) is 0 Å². The first-order valence-electron chi connectivity index (χ1n) is 8.03. The molecule has 0 spiro atoms. The number of ether oxygens (including phenoxy) is 1. The molecule has 2 aromatic rings. The lowest BCUT2D eigenvalue weighted by Gasteiger charge is -2.08. The van der Waals surface area contributed by atoms with Gasteiger partial charge in [-0.25, -0.2) is 9.79 Å². The number of hydrogen-bond acceptors (Lipinski definition) is 5. The summed E-state index contributed by atoms with van der Waals surface area (Å²) in [5.41, 5.74) is 0.841. The standard InChI is InChI=1S/C19H13Cl3N2O4S/c1-24-17(25)15(6-9-5-10(20)7-14(22)16(9)28-2)29-19(24)23-11-3-4-13(21)12(8-11)18(26)27/h3-8H,1-2H3,(H,26,27). The summed E-state index contributed by atoms with van der Waals surface area (Å²) in [5, 5.41) is 10.4. The molecule has 1 saturated heterocycles. The zero-order valence-electron chi connectivity index (χ0n) is 15.1. The number of amidine groups is 1. The molecule has 1 fully saturated rings. The van der Waals surface area contributed by atoms with Crippen molar-refractivity contribution in [3.63, 3.8) is 0 Å². The molecule has 150 valence electrons. The molecule has 29 heavy (non-hydrogen) atoms. The molecule has 0 radical (unpaired) electrons. The van der Waals surface area contributed by atoms with E-state index >= 15 is 0 Å². The smallest absolute Gasteiger partial charge is 0.337 e. The Labute approximate surface area is 185 Å². The predicted octanol–water partition coefficient (Wildman–Crippen LogP) is 5.59. The van der Waals surface area contributed by atoms with Crippen LogP contribution in [0.1, 0.15) is 15.9 Å². The van der Waals surface area contributed by atoms with Crippen LogP contribution in [0.3, 0.4) is 0 Å². The number of likely N-dealkylation sites (N-methyl/N-ethyl adjacent to an activating group) is 1. The van der Waals surface area contributed by atoms with E-state index in [1.807, 2.05) is 0 Å². The molecular weight excluding hydrogens is 459 g/mol. The lowest BCUT2D eigenvalue weighted by atomic mass is 10.2. The van der Waals surface area contributed by atoms with Gasteiger partial charge >= 0.3 is 5.97 Å². The lowest BCUT2D eigenvalue weighted by molar-refractivity contribution is -0.121.